The highest BCUT2D eigenvalue weighted by molar-refractivity contribution is 7.91. The van der Waals surface area contributed by atoms with Crippen LogP contribution in [0.5, 0.6) is 17.2 Å². The van der Waals surface area contributed by atoms with E-state index in [2.05, 4.69) is 0 Å². The molecule has 6 rings (SSSR count). The average molecular weight is 588 g/mol. The van der Waals surface area contributed by atoms with Crippen molar-refractivity contribution in [3.05, 3.63) is 95.2 Å². The molecule has 0 spiro atoms. The topological polar surface area (TPSA) is 100.0 Å². The molecule has 0 radical (unpaired) electrons. The Labute approximate surface area is 245 Å². The number of ether oxygens (including phenoxy) is 3. The second-order valence-electron chi connectivity index (χ2n) is 10.6. The maximum Gasteiger partial charge on any atom is 0.273 e. The number of carbonyl (C=O) groups excluding carboxylic acids is 1. The Balaban J connectivity index is 1.46. The summed E-state index contributed by atoms with van der Waals surface area (Å²) in [5, 5.41) is 4.96. The molecule has 1 amide bonds. The molecular weight excluding hydrogens is 554 g/mol. The fourth-order valence-corrected chi connectivity index (χ4v) is 7.71. The summed E-state index contributed by atoms with van der Waals surface area (Å²) in [5.41, 5.74) is 4.74. The Morgan fingerprint density at radius 1 is 0.905 bits per heavy atom. The third kappa shape index (κ3) is 5.00. The molecule has 1 saturated heterocycles. The molecule has 3 heterocycles. The van der Waals surface area contributed by atoms with E-state index in [9.17, 15) is 13.2 Å². The number of hydrogen-bond donors (Lipinski definition) is 0. The molecule has 2 aliphatic rings. The Morgan fingerprint density at radius 3 is 2.29 bits per heavy atom. The first-order chi connectivity index (χ1) is 20.3. The van der Waals surface area contributed by atoms with E-state index in [1.54, 1.807) is 26.0 Å². The number of hydrogen-bond acceptors (Lipinski definition) is 7. The number of methoxy groups -OCH3 is 3. The van der Waals surface area contributed by atoms with Crippen LogP contribution in [0.15, 0.2) is 72.8 Å². The van der Waals surface area contributed by atoms with Crippen molar-refractivity contribution in [1.29, 1.82) is 0 Å². The first-order valence-corrected chi connectivity index (χ1v) is 15.7. The van der Waals surface area contributed by atoms with Gasteiger partial charge in [0.1, 0.15) is 11.4 Å². The van der Waals surface area contributed by atoms with E-state index in [-0.39, 0.29) is 17.4 Å². The van der Waals surface area contributed by atoms with E-state index in [1.165, 1.54) is 0 Å². The van der Waals surface area contributed by atoms with Gasteiger partial charge in [-0.2, -0.15) is 5.10 Å². The fourth-order valence-electron chi connectivity index (χ4n) is 6.02. The second-order valence-corrected chi connectivity index (χ2v) is 12.8. The maximum atomic E-state index is 14.4. The molecule has 2 atom stereocenters. The highest BCUT2D eigenvalue weighted by Crippen LogP contribution is 2.45. The van der Waals surface area contributed by atoms with Crippen LogP contribution >= 0.6 is 0 Å². The van der Waals surface area contributed by atoms with E-state index in [0.717, 1.165) is 22.3 Å². The lowest BCUT2D eigenvalue weighted by atomic mass is 9.96. The maximum absolute atomic E-state index is 14.4. The van der Waals surface area contributed by atoms with E-state index < -0.39 is 21.9 Å². The minimum atomic E-state index is -3.21. The number of carbonyl (C=O) groups is 1. The minimum Gasteiger partial charge on any atom is -0.497 e. The van der Waals surface area contributed by atoms with Gasteiger partial charge in [-0.3, -0.25) is 9.48 Å². The van der Waals surface area contributed by atoms with E-state index in [1.807, 2.05) is 77.7 Å². The molecule has 218 valence electrons. The molecule has 0 N–H and O–H groups in total. The van der Waals surface area contributed by atoms with E-state index in [0.29, 0.717) is 48.0 Å². The van der Waals surface area contributed by atoms with Crippen LogP contribution in [0.25, 0.3) is 11.3 Å². The van der Waals surface area contributed by atoms with Crippen LogP contribution in [0.1, 0.15) is 45.7 Å². The van der Waals surface area contributed by atoms with Gasteiger partial charge in [0.25, 0.3) is 5.91 Å². The summed E-state index contributed by atoms with van der Waals surface area (Å²) in [7, 11) is 1.61. The number of aromatic nitrogens is 2. The van der Waals surface area contributed by atoms with Gasteiger partial charge in [-0.25, -0.2) is 8.42 Å². The van der Waals surface area contributed by atoms with Gasteiger partial charge in [0.2, 0.25) is 0 Å². The van der Waals surface area contributed by atoms with Crippen molar-refractivity contribution in [1.82, 2.24) is 14.7 Å². The van der Waals surface area contributed by atoms with Crippen LogP contribution in [0.4, 0.5) is 0 Å². The first-order valence-electron chi connectivity index (χ1n) is 13.9. The molecule has 2 aliphatic heterocycles. The van der Waals surface area contributed by atoms with Crippen molar-refractivity contribution >= 4 is 15.7 Å². The largest absolute Gasteiger partial charge is 0.497 e. The lowest BCUT2D eigenvalue weighted by Gasteiger charge is -2.27. The van der Waals surface area contributed by atoms with Crippen molar-refractivity contribution in [2.24, 2.45) is 0 Å². The second kappa shape index (κ2) is 11.2. The monoisotopic (exact) mass is 587 g/mol. The van der Waals surface area contributed by atoms with Crippen LogP contribution in [-0.2, 0) is 16.3 Å². The summed E-state index contributed by atoms with van der Waals surface area (Å²) in [6, 6.07) is 22.5. The predicted molar refractivity (Wildman–Crippen MR) is 159 cm³/mol. The molecular formula is C32H33N3O6S. The van der Waals surface area contributed by atoms with Crippen molar-refractivity contribution in [3.8, 4) is 28.5 Å². The number of amides is 1. The standard InChI is InChI=1S/C32H33N3O6S/c1-39-25-12-10-22(11-13-25)29-28-30(23-7-5-4-6-8-23)34(17-15-21-9-14-26(40-2)27(19-21)41-3)32(36)31(28)35(33-29)24-16-18-42(37,38)20-24/h4-14,19,24,30H,15-18,20H2,1-3H3/t24-,30-/m0/s1. The zero-order valence-electron chi connectivity index (χ0n) is 23.8. The number of rotatable bonds is 9. The minimum absolute atomic E-state index is 0.0297. The van der Waals surface area contributed by atoms with E-state index >= 15 is 0 Å². The van der Waals surface area contributed by atoms with Crippen molar-refractivity contribution in [3.63, 3.8) is 0 Å². The SMILES string of the molecule is COc1ccc(-c2nn([C@H]3CCS(=O)(=O)C3)c3c2[C@H](c2ccccc2)N(CCc2ccc(OC)c(OC)c2)C3=O)cc1. The predicted octanol–water partition coefficient (Wildman–Crippen LogP) is 4.72. The van der Waals surface area contributed by atoms with Crippen LogP contribution in [-0.4, -0.2) is 68.4 Å². The number of fused-ring (bicyclic) bond motifs is 1. The summed E-state index contributed by atoms with van der Waals surface area (Å²) < 4.78 is 42.9. The molecule has 1 fully saturated rings. The highest BCUT2D eigenvalue weighted by atomic mass is 32.2. The van der Waals surface area contributed by atoms with Gasteiger partial charge in [0.15, 0.2) is 21.3 Å². The van der Waals surface area contributed by atoms with Gasteiger partial charge >= 0.3 is 0 Å². The van der Waals surface area contributed by atoms with Gasteiger partial charge in [0, 0.05) is 17.7 Å². The molecule has 3 aromatic carbocycles. The third-order valence-electron chi connectivity index (χ3n) is 8.12. The Kier molecular flexibility index (Phi) is 7.40. The highest BCUT2D eigenvalue weighted by Gasteiger charge is 2.46. The number of nitrogens with zero attached hydrogens (tertiary/aromatic N) is 3. The Bertz CT molecular complexity index is 1720. The molecule has 0 bridgehead atoms. The van der Waals surface area contributed by atoms with Gasteiger partial charge in [0.05, 0.1) is 50.6 Å². The van der Waals surface area contributed by atoms with Crippen LogP contribution in [0, 0.1) is 0 Å². The van der Waals surface area contributed by atoms with Crippen molar-refractivity contribution in [2.75, 3.05) is 39.4 Å². The molecule has 0 unspecified atom stereocenters. The van der Waals surface area contributed by atoms with Gasteiger partial charge in [-0.05, 0) is 60.4 Å². The third-order valence-corrected chi connectivity index (χ3v) is 9.87. The Morgan fingerprint density at radius 2 is 1.64 bits per heavy atom. The van der Waals surface area contributed by atoms with Gasteiger partial charge < -0.3 is 19.1 Å². The Hall–Kier alpha value is -4.31. The molecule has 0 aliphatic carbocycles. The zero-order valence-corrected chi connectivity index (χ0v) is 24.6. The lowest BCUT2D eigenvalue weighted by molar-refractivity contribution is 0.0738. The zero-order chi connectivity index (χ0) is 29.4. The molecule has 10 heteroatoms. The fraction of sp³-hybridized carbons (Fsp3) is 0.312. The van der Waals surface area contributed by atoms with Gasteiger partial charge in [-0.1, -0.05) is 36.4 Å². The summed E-state index contributed by atoms with van der Waals surface area (Å²) in [4.78, 5) is 16.2. The van der Waals surface area contributed by atoms with Crippen molar-refractivity contribution < 1.29 is 27.4 Å². The molecule has 42 heavy (non-hydrogen) atoms. The lowest BCUT2D eigenvalue weighted by Crippen LogP contribution is -2.32. The summed E-state index contributed by atoms with van der Waals surface area (Å²) in [6.07, 6.45) is 1.01. The number of sulfone groups is 1. The van der Waals surface area contributed by atoms with Gasteiger partial charge in [-0.15, -0.1) is 0 Å². The quantitative estimate of drug-likeness (QED) is 0.279. The van der Waals surface area contributed by atoms with Crippen LogP contribution in [0.3, 0.4) is 0 Å². The number of benzene rings is 3. The molecule has 4 aromatic rings. The summed E-state index contributed by atoms with van der Waals surface area (Å²) in [6.45, 7) is 0.438. The normalized spacial score (nSPS) is 19.1. The first kappa shape index (κ1) is 27.8. The summed E-state index contributed by atoms with van der Waals surface area (Å²) >= 11 is 0. The molecule has 9 nitrogen and oxygen atoms in total. The summed E-state index contributed by atoms with van der Waals surface area (Å²) in [5.74, 6) is 1.89. The average Bonchev–Trinajstić information content (AvgIpc) is 3.67. The molecule has 1 aromatic heterocycles. The van der Waals surface area contributed by atoms with Crippen LogP contribution in [0.2, 0.25) is 0 Å². The van der Waals surface area contributed by atoms with Crippen molar-refractivity contribution in [2.45, 2.75) is 24.9 Å². The molecule has 0 saturated carbocycles. The van der Waals surface area contributed by atoms with E-state index in [4.69, 9.17) is 19.3 Å². The smallest absolute Gasteiger partial charge is 0.273 e. The van der Waals surface area contributed by atoms with Crippen LogP contribution < -0.4 is 14.2 Å².